The zero-order valence-electron chi connectivity index (χ0n) is 23.3. The van der Waals surface area contributed by atoms with Crippen molar-refractivity contribution in [3.63, 3.8) is 0 Å². The Kier molecular flexibility index (Phi) is 8.54. The van der Waals surface area contributed by atoms with E-state index >= 15 is 0 Å². The fraction of sp³-hybridized carbons (Fsp3) is 0.333. The van der Waals surface area contributed by atoms with E-state index in [1.54, 1.807) is 0 Å². The van der Waals surface area contributed by atoms with Gasteiger partial charge in [-0.15, -0.1) is 0 Å². The molecule has 0 bridgehead atoms. The number of morpholine rings is 1. The first-order valence-electron chi connectivity index (χ1n) is 14.4. The Hall–Kier alpha value is -3.36. The Balaban J connectivity index is 1.40. The van der Waals surface area contributed by atoms with Gasteiger partial charge in [0.2, 0.25) is 11.8 Å². The van der Waals surface area contributed by atoms with Gasteiger partial charge in [0.25, 0.3) is 0 Å². The van der Waals surface area contributed by atoms with Crippen LogP contribution in [0, 0.1) is 0 Å². The second-order valence-corrected chi connectivity index (χ2v) is 11.9. The quantitative estimate of drug-likeness (QED) is 0.239. The Labute approximate surface area is 255 Å². The van der Waals surface area contributed by atoms with Crippen molar-refractivity contribution in [2.45, 2.75) is 30.8 Å². The number of carbonyl (C=O) groups is 2. The number of aromatic amines is 1. The van der Waals surface area contributed by atoms with Crippen molar-refractivity contribution in [1.82, 2.24) is 20.1 Å². The number of aromatic nitrogens is 1. The average Bonchev–Trinajstić information content (AvgIpc) is 3.55. The molecule has 2 aliphatic heterocycles. The SMILES string of the molecule is O=C1CC(C(=O)NCCCN2CCOCC2)(c2ccccc2)C(c2c[nH]c3cc(Cl)ccc23)N1Cc1ccc(Cl)cc1. The molecule has 2 N–H and O–H groups in total. The zero-order valence-corrected chi connectivity index (χ0v) is 24.8. The number of fused-ring (bicyclic) bond motifs is 1. The highest BCUT2D eigenvalue weighted by Gasteiger charge is 2.58. The lowest BCUT2D eigenvalue weighted by molar-refractivity contribution is -0.130. The van der Waals surface area contributed by atoms with E-state index in [9.17, 15) is 9.59 Å². The van der Waals surface area contributed by atoms with E-state index in [0.717, 1.165) is 66.9 Å². The Bertz CT molecular complexity index is 1550. The summed E-state index contributed by atoms with van der Waals surface area (Å²) in [4.78, 5) is 36.1. The molecule has 6 rings (SSSR count). The molecule has 2 atom stereocenters. The third-order valence-electron chi connectivity index (χ3n) is 8.50. The minimum absolute atomic E-state index is 0.0603. The highest BCUT2D eigenvalue weighted by molar-refractivity contribution is 6.31. The van der Waals surface area contributed by atoms with Gasteiger partial charge in [0, 0.05) is 65.3 Å². The lowest BCUT2D eigenvalue weighted by Gasteiger charge is -2.37. The van der Waals surface area contributed by atoms with Crippen LogP contribution >= 0.6 is 23.2 Å². The number of benzene rings is 3. The minimum atomic E-state index is -1.14. The summed E-state index contributed by atoms with van der Waals surface area (Å²) in [5.41, 5.74) is 2.36. The predicted octanol–water partition coefficient (Wildman–Crippen LogP) is 5.72. The highest BCUT2D eigenvalue weighted by atomic mass is 35.5. The van der Waals surface area contributed by atoms with Gasteiger partial charge in [-0.25, -0.2) is 0 Å². The largest absolute Gasteiger partial charge is 0.379 e. The summed E-state index contributed by atoms with van der Waals surface area (Å²) in [5.74, 6) is -0.221. The van der Waals surface area contributed by atoms with E-state index in [-0.39, 0.29) is 18.2 Å². The lowest BCUT2D eigenvalue weighted by Crippen LogP contribution is -2.49. The fourth-order valence-corrected chi connectivity index (χ4v) is 6.71. The molecule has 0 aliphatic carbocycles. The molecule has 3 aromatic carbocycles. The molecule has 3 heterocycles. The molecule has 2 saturated heterocycles. The van der Waals surface area contributed by atoms with Gasteiger partial charge in [-0.2, -0.15) is 0 Å². The van der Waals surface area contributed by atoms with E-state index < -0.39 is 11.5 Å². The molecule has 2 fully saturated rings. The Morgan fingerprint density at radius 2 is 1.74 bits per heavy atom. The average molecular weight is 606 g/mol. The maximum atomic E-state index is 14.5. The van der Waals surface area contributed by atoms with Crippen molar-refractivity contribution < 1.29 is 14.3 Å². The van der Waals surface area contributed by atoms with E-state index in [4.69, 9.17) is 27.9 Å². The molecule has 0 spiro atoms. The first kappa shape index (κ1) is 28.7. The first-order valence-corrected chi connectivity index (χ1v) is 15.2. The van der Waals surface area contributed by atoms with E-state index in [0.29, 0.717) is 23.1 Å². The topological polar surface area (TPSA) is 77.7 Å². The maximum Gasteiger partial charge on any atom is 0.233 e. The molecule has 2 amide bonds. The third kappa shape index (κ3) is 5.66. The molecule has 9 heteroatoms. The number of nitrogens with one attached hydrogen (secondary N) is 2. The summed E-state index contributed by atoms with van der Waals surface area (Å²) in [5, 5.41) is 5.42. The number of hydrogen-bond donors (Lipinski definition) is 2. The summed E-state index contributed by atoms with van der Waals surface area (Å²) >= 11 is 12.5. The Morgan fingerprint density at radius 1 is 1.00 bits per heavy atom. The summed E-state index contributed by atoms with van der Waals surface area (Å²) in [6, 6.07) is 22.3. The van der Waals surface area contributed by atoms with Gasteiger partial charge in [-0.1, -0.05) is 71.7 Å². The van der Waals surface area contributed by atoms with Crippen LogP contribution in [0.1, 0.15) is 35.6 Å². The first-order chi connectivity index (χ1) is 20.5. The van der Waals surface area contributed by atoms with Gasteiger partial charge in [-0.05, 0) is 48.4 Å². The standard InChI is InChI=1S/C33H34Cl2N4O3/c34-25-9-7-23(8-10-25)22-39-30(40)20-33(24-5-2-1-3-6-24,32(41)36-13-4-14-38-15-17-42-18-16-38)31(39)28-21-37-29-19-26(35)11-12-27(28)29/h1-3,5-12,19,21,31,37H,4,13-18,20,22H2,(H,36,41). The lowest BCUT2D eigenvalue weighted by atomic mass is 9.70. The third-order valence-corrected chi connectivity index (χ3v) is 8.99. The molecule has 4 aromatic rings. The summed E-state index contributed by atoms with van der Waals surface area (Å²) in [6.45, 7) is 5.05. The molecule has 0 radical (unpaired) electrons. The summed E-state index contributed by atoms with van der Waals surface area (Å²) in [6.07, 6.45) is 2.79. The predicted molar refractivity (Wildman–Crippen MR) is 166 cm³/mol. The van der Waals surface area contributed by atoms with Crippen molar-refractivity contribution in [2.75, 3.05) is 39.4 Å². The van der Waals surface area contributed by atoms with Crippen LogP contribution in [0.4, 0.5) is 0 Å². The van der Waals surface area contributed by atoms with Crippen LogP contribution in [0.5, 0.6) is 0 Å². The van der Waals surface area contributed by atoms with Crippen molar-refractivity contribution in [2.24, 2.45) is 0 Å². The molecule has 2 unspecified atom stereocenters. The maximum absolute atomic E-state index is 14.5. The van der Waals surface area contributed by atoms with Gasteiger partial charge in [-0.3, -0.25) is 14.5 Å². The highest BCUT2D eigenvalue weighted by Crippen LogP contribution is 2.52. The summed E-state index contributed by atoms with van der Waals surface area (Å²) < 4.78 is 5.46. The van der Waals surface area contributed by atoms with Crippen molar-refractivity contribution in [3.05, 3.63) is 106 Å². The Morgan fingerprint density at radius 3 is 2.50 bits per heavy atom. The minimum Gasteiger partial charge on any atom is -0.379 e. The van der Waals surface area contributed by atoms with Gasteiger partial charge in [0.05, 0.1) is 19.3 Å². The monoisotopic (exact) mass is 604 g/mol. The number of H-pyrrole nitrogens is 1. The number of carbonyl (C=O) groups excluding carboxylic acids is 2. The second kappa shape index (κ2) is 12.5. The number of halogens is 2. The van der Waals surface area contributed by atoms with Crippen LogP contribution in [0.3, 0.4) is 0 Å². The second-order valence-electron chi connectivity index (χ2n) is 11.1. The van der Waals surface area contributed by atoms with E-state index in [1.165, 1.54) is 0 Å². The molecule has 7 nitrogen and oxygen atoms in total. The van der Waals surface area contributed by atoms with Crippen LogP contribution in [0.15, 0.2) is 79.0 Å². The number of hydrogen-bond acceptors (Lipinski definition) is 4. The van der Waals surface area contributed by atoms with Crippen LogP contribution in [0.25, 0.3) is 10.9 Å². The van der Waals surface area contributed by atoms with Gasteiger partial charge < -0.3 is 19.9 Å². The number of nitrogens with zero attached hydrogens (tertiary/aromatic N) is 2. The molecule has 1 aromatic heterocycles. The molecule has 0 saturated carbocycles. The molecule has 2 aliphatic rings. The van der Waals surface area contributed by atoms with Crippen molar-refractivity contribution in [3.8, 4) is 0 Å². The zero-order chi connectivity index (χ0) is 29.1. The smallest absolute Gasteiger partial charge is 0.233 e. The van der Waals surface area contributed by atoms with Gasteiger partial charge in [0.1, 0.15) is 5.41 Å². The molecule has 218 valence electrons. The molecular weight excluding hydrogens is 571 g/mol. The van der Waals surface area contributed by atoms with Crippen molar-refractivity contribution >= 4 is 45.9 Å². The number of ether oxygens (including phenoxy) is 1. The van der Waals surface area contributed by atoms with Gasteiger partial charge >= 0.3 is 0 Å². The number of likely N-dealkylation sites (tertiary alicyclic amines) is 1. The van der Waals surface area contributed by atoms with E-state index in [2.05, 4.69) is 15.2 Å². The van der Waals surface area contributed by atoms with Crippen LogP contribution in [-0.4, -0.2) is 66.0 Å². The van der Waals surface area contributed by atoms with Crippen LogP contribution < -0.4 is 5.32 Å². The summed E-state index contributed by atoms with van der Waals surface area (Å²) in [7, 11) is 0. The number of amides is 2. The van der Waals surface area contributed by atoms with Crippen LogP contribution in [-0.2, 0) is 26.3 Å². The fourth-order valence-electron chi connectivity index (χ4n) is 6.41. The van der Waals surface area contributed by atoms with Crippen LogP contribution in [0.2, 0.25) is 10.0 Å². The molecular formula is C33H34Cl2N4O3. The van der Waals surface area contributed by atoms with Crippen molar-refractivity contribution in [1.29, 1.82) is 0 Å². The molecule has 42 heavy (non-hydrogen) atoms. The van der Waals surface area contributed by atoms with Gasteiger partial charge in [0.15, 0.2) is 0 Å². The normalized spacial score (nSPS) is 21.2. The van der Waals surface area contributed by atoms with E-state index in [1.807, 2.05) is 83.9 Å². The number of rotatable bonds is 9.